The van der Waals surface area contributed by atoms with E-state index in [4.69, 9.17) is 4.74 Å². The highest BCUT2D eigenvalue weighted by atomic mass is 16.5. The molecule has 1 unspecified atom stereocenters. The van der Waals surface area contributed by atoms with Crippen molar-refractivity contribution in [2.45, 2.75) is 46.1 Å². The van der Waals surface area contributed by atoms with Gasteiger partial charge in [0.05, 0.1) is 0 Å². The van der Waals surface area contributed by atoms with Crippen LogP contribution in [0.15, 0.2) is 12.3 Å². The molecule has 1 rings (SSSR count). The summed E-state index contributed by atoms with van der Waals surface area (Å²) in [6.45, 7) is 5.58. The second-order valence-corrected chi connectivity index (χ2v) is 4.69. The molecule has 0 aromatic carbocycles. The van der Waals surface area contributed by atoms with E-state index in [0.717, 1.165) is 37.9 Å². The standard InChI is InChI=1S/C14H24N2O2/c1-4-5-7-12(2)14(17)13-8-9-15-16(13)10-6-11-18-3/h8-9,12H,4-7,10-11H2,1-3H3. The van der Waals surface area contributed by atoms with Crippen LogP contribution in [-0.4, -0.2) is 29.3 Å². The third kappa shape index (κ3) is 4.26. The van der Waals surface area contributed by atoms with Gasteiger partial charge in [-0.05, 0) is 18.9 Å². The summed E-state index contributed by atoms with van der Waals surface area (Å²) in [5.74, 6) is 0.293. The number of methoxy groups -OCH3 is 1. The molecule has 0 fully saturated rings. The van der Waals surface area contributed by atoms with Crippen molar-refractivity contribution in [2.24, 2.45) is 5.92 Å². The number of aromatic nitrogens is 2. The number of carbonyl (C=O) groups excluding carboxylic acids is 1. The average molecular weight is 252 g/mol. The van der Waals surface area contributed by atoms with E-state index in [1.54, 1.807) is 18.0 Å². The van der Waals surface area contributed by atoms with Crippen LogP contribution in [0.3, 0.4) is 0 Å². The first-order valence-electron chi connectivity index (χ1n) is 6.75. The molecule has 1 atom stereocenters. The zero-order valence-electron chi connectivity index (χ0n) is 11.7. The van der Waals surface area contributed by atoms with Gasteiger partial charge in [-0.15, -0.1) is 0 Å². The number of hydrogen-bond acceptors (Lipinski definition) is 3. The molecule has 0 radical (unpaired) electrons. The zero-order valence-corrected chi connectivity index (χ0v) is 11.7. The summed E-state index contributed by atoms with van der Waals surface area (Å²) >= 11 is 0. The molecule has 0 spiro atoms. The minimum Gasteiger partial charge on any atom is -0.385 e. The van der Waals surface area contributed by atoms with Gasteiger partial charge in [0.15, 0.2) is 5.78 Å². The first kappa shape index (κ1) is 14.9. The van der Waals surface area contributed by atoms with Crippen LogP contribution < -0.4 is 0 Å². The molecule has 0 aliphatic carbocycles. The molecule has 18 heavy (non-hydrogen) atoms. The van der Waals surface area contributed by atoms with E-state index in [1.165, 1.54) is 0 Å². The Morgan fingerprint density at radius 1 is 1.50 bits per heavy atom. The van der Waals surface area contributed by atoms with E-state index in [2.05, 4.69) is 12.0 Å². The molecule has 4 heteroatoms. The van der Waals surface area contributed by atoms with Gasteiger partial charge in [-0.3, -0.25) is 9.48 Å². The maximum atomic E-state index is 12.3. The smallest absolute Gasteiger partial charge is 0.183 e. The van der Waals surface area contributed by atoms with E-state index in [-0.39, 0.29) is 11.7 Å². The van der Waals surface area contributed by atoms with Crippen molar-refractivity contribution >= 4 is 5.78 Å². The molecule has 0 amide bonds. The van der Waals surface area contributed by atoms with Crippen LogP contribution in [0.25, 0.3) is 0 Å². The van der Waals surface area contributed by atoms with Crippen LogP contribution in [0.4, 0.5) is 0 Å². The number of ketones is 1. The van der Waals surface area contributed by atoms with Crippen molar-refractivity contribution in [1.82, 2.24) is 9.78 Å². The van der Waals surface area contributed by atoms with Gasteiger partial charge in [-0.1, -0.05) is 26.7 Å². The first-order valence-corrected chi connectivity index (χ1v) is 6.75. The minimum atomic E-state index is 0.0859. The lowest BCUT2D eigenvalue weighted by atomic mass is 9.97. The van der Waals surface area contributed by atoms with E-state index in [0.29, 0.717) is 6.61 Å². The summed E-state index contributed by atoms with van der Waals surface area (Å²) in [5.41, 5.74) is 0.731. The molecule has 102 valence electrons. The van der Waals surface area contributed by atoms with Crippen molar-refractivity contribution < 1.29 is 9.53 Å². The Hall–Kier alpha value is -1.16. The molecule has 0 N–H and O–H groups in total. The Balaban J connectivity index is 2.59. The highest BCUT2D eigenvalue weighted by Gasteiger charge is 2.18. The Kier molecular flexibility index (Phi) is 6.65. The predicted octanol–water partition coefficient (Wildman–Crippen LogP) is 2.93. The maximum Gasteiger partial charge on any atom is 0.183 e. The van der Waals surface area contributed by atoms with Crippen LogP contribution in [0.2, 0.25) is 0 Å². The van der Waals surface area contributed by atoms with Gasteiger partial charge in [0.2, 0.25) is 0 Å². The first-order chi connectivity index (χ1) is 8.70. The molecule has 0 saturated carbocycles. The fourth-order valence-corrected chi connectivity index (χ4v) is 1.97. The molecular formula is C14H24N2O2. The summed E-state index contributed by atoms with van der Waals surface area (Å²) in [4.78, 5) is 12.3. The number of carbonyl (C=O) groups is 1. The van der Waals surface area contributed by atoms with Gasteiger partial charge in [-0.25, -0.2) is 0 Å². The third-order valence-electron chi connectivity index (χ3n) is 3.13. The van der Waals surface area contributed by atoms with E-state index >= 15 is 0 Å². The fraction of sp³-hybridized carbons (Fsp3) is 0.714. The highest BCUT2D eigenvalue weighted by Crippen LogP contribution is 2.15. The molecule has 1 aromatic rings. The van der Waals surface area contributed by atoms with Crippen LogP contribution in [0.1, 0.15) is 50.0 Å². The third-order valence-corrected chi connectivity index (χ3v) is 3.13. The molecule has 0 aliphatic rings. The molecule has 0 aliphatic heterocycles. The summed E-state index contributed by atoms with van der Waals surface area (Å²) < 4.78 is 6.81. The number of hydrogen-bond donors (Lipinski definition) is 0. The van der Waals surface area contributed by atoms with Gasteiger partial charge in [0.1, 0.15) is 5.69 Å². The minimum absolute atomic E-state index is 0.0859. The zero-order chi connectivity index (χ0) is 13.4. The Labute approximate surface area is 109 Å². The quantitative estimate of drug-likeness (QED) is 0.501. The monoisotopic (exact) mass is 252 g/mol. The average Bonchev–Trinajstić information content (AvgIpc) is 2.83. The van der Waals surface area contributed by atoms with Crippen LogP contribution in [0, 0.1) is 5.92 Å². The lowest BCUT2D eigenvalue weighted by molar-refractivity contribution is 0.0910. The summed E-state index contributed by atoms with van der Waals surface area (Å²) in [6.07, 6.45) is 5.77. The summed E-state index contributed by atoms with van der Waals surface area (Å²) in [6, 6.07) is 1.82. The van der Waals surface area contributed by atoms with E-state index in [1.807, 2.05) is 13.0 Å². The largest absolute Gasteiger partial charge is 0.385 e. The van der Waals surface area contributed by atoms with Gasteiger partial charge in [-0.2, -0.15) is 5.10 Å². The van der Waals surface area contributed by atoms with E-state index in [9.17, 15) is 4.79 Å². The highest BCUT2D eigenvalue weighted by molar-refractivity contribution is 5.96. The molecule has 1 aromatic heterocycles. The Morgan fingerprint density at radius 2 is 2.28 bits per heavy atom. The number of nitrogens with zero attached hydrogens (tertiary/aromatic N) is 2. The molecule has 1 heterocycles. The second kappa shape index (κ2) is 8.03. The van der Waals surface area contributed by atoms with Crippen molar-refractivity contribution in [2.75, 3.05) is 13.7 Å². The van der Waals surface area contributed by atoms with Gasteiger partial charge in [0, 0.05) is 32.4 Å². The van der Waals surface area contributed by atoms with Gasteiger partial charge >= 0.3 is 0 Å². The molecule has 0 saturated heterocycles. The van der Waals surface area contributed by atoms with Crippen molar-refractivity contribution in [3.63, 3.8) is 0 Å². The Bertz CT molecular complexity index is 360. The second-order valence-electron chi connectivity index (χ2n) is 4.69. The normalized spacial score (nSPS) is 12.6. The number of Topliss-reactive ketones (excluding diaryl/α,β-unsaturated/α-hetero) is 1. The van der Waals surface area contributed by atoms with Crippen molar-refractivity contribution in [3.8, 4) is 0 Å². The lowest BCUT2D eigenvalue weighted by Crippen LogP contribution is -2.17. The van der Waals surface area contributed by atoms with Crippen molar-refractivity contribution in [1.29, 1.82) is 0 Å². The van der Waals surface area contributed by atoms with Gasteiger partial charge in [0.25, 0.3) is 0 Å². The number of unbranched alkanes of at least 4 members (excludes halogenated alkanes) is 1. The van der Waals surface area contributed by atoms with Crippen molar-refractivity contribution in [3.05, 3.63) is 18.0 Å². The lowest BCUT2D eigenvalue weighted by Gasteiger charge is -2.11. The predicted molar refractivity (Wildman–Crippen MR) is 71.7 cm³/mol. The Morgan fingerprint density at radius 3 is 2.94 bits per heavy atom. The van der Waals surface area contributed by atoms with Crippen LogP contribution in [-0.2, 0) is 11.3 Å². The maximum absolute atomic E-state index is 12.3. The number of ether oxygens (including phenoxy) is 1. The molecule has 4 nitrogen and oxygen atoms in total. The summed E-state index contributed by atoms with van der Waals surface area (Å²) in [7, 11) is 1.68. The molecular weight excluding hydrogens is 228 g/mol. The van der Waals surface area contributed by atoms with Crippen LogP contribution >= 0.6 is 0 Å². The number of rotatable bonds is 9. The van der Waals surface area contributed by atoms with Crippen LogP contribution in [0.5, 0.6) is 0 Å². The van der Waals surface area contributed by atoms with E-state index < -0.39 is 0 Å². The topological polar surface area (TPSA) is 44.1 Å². The fourth-order valence-electron chi connectivity index (χ4n) is 1.97. The summed E-state index contributed by atoms with van der Waals surface area (Å²) in [5, 5.41) is 4.21. The SMILES string of the molecule is CCCCC(C)C(=O)c1ccnn1CCCOC. The molecule has 0 bridgehead atoms. The van der Waals surface area contributed by atoms with Gasteiger partial charge < -0.3 is 4.74 Å². The number of aryl methyl sites for hydroxylation is 1.